The van der Waals surface area contributed by atoms with Crippen molar-refractivity contribution in [3.05, 3.63) is 76.2 Å². The largest absolute Gasteiger partial charge is 0.504 e. The number of amides is 1. The average molecular weight is 626 g/mol. The van der Waals surface area contributed by atoms with E-state index in [1.807, 2.05) is 13.0 Å². The molecule has 0 unspecified atom stereocenters. The van der Waals surface area contributed by atoms with Gasteiger partial charge in [0.1, 0.15) is 16.3 Å². The minimum atomic E-state index is -4.58. The number of aliphatic hydroxyl groups is 1. The highest BCUT2D eigenvalue weighted by Gasteiger charge is 2.41. The predicted molar refractivity (Wildman–Crippen MR) is 157 cm³/mol. The Morgan fingerprint density at radius 1 is 1.07 bits per heavy atom. The zero-order chi connectivity index (χ0) is 31.2. The van der Waals surface area contributed by atoms with Gasteiger partial charge in [-0.05, 0) is 91.6 Å². The Bertz CT molecular complexity index is 1720. The molecule has 1 amide bonds. The highest BCUT2D eigenvalue weighted by Crippen LogP contribution is 2.44. The number of alkyl halides is 3. The lowest BCUT2D eigenvalue weighted by Crippen LogP contribution is -2.42. The monoisotopic (exact) mass is 625 g/mol. The van der Waals surface area contributed by atoms with Gasteiger partial charge in [-0.2, -0.15) is 13.2 Å². The number of benzene rings is 2. The van der Waals surface area contributed by atoms with Crippen molar-refractivity contribution in [1.82, 2.24) is 19.9 Å². The first kappa shape index (κ1) is 29.8. The van der Waals surface area contributed by atoms with E-state index < -0.39 is 17.5 Å². The van der Waals surface area contributed by atoms with Crippen LogP contribution in [0.3, 0.4) is 0 Å². The van der Waals surface area contributed by atoms with E-state index in [4.69, 9.17) is 0 Å². The molecule has 4 N–H and O–H groups in total. The van der Waals surface area contributed by atoms with E-state index in [1.165, 1.54) is 17.4 Å². The number of phenolic OH excluding ortho intramolecular Hbond substituents is 2. The number of carbonyl (C=O) groups excluding carboxylic acids is 1. The van der Waals surface area contributed by atoms with E-state index in [1.54, 1.807) is 29.3 Å². The van der Waals surface area contributed by atoms with Gasteiger partial charge in [-0.1, -0.05) is 6.07 Å². The molecule has 44 heavy (non-hydrogen) atoms. The summed E-state index contributed by atoms with van der Waals surface area (Å²) in [6.07, 6.45) is 0.499. The van der Waals surface area contributed by atoms with Crippen molar-refractivity contribution in [2.24, 2.45) is 5.92 Å². The summed E-state index contributed by atoms with van der Waals surface area (Å²) in [5.74, 6) is -0.746. The van der Waals surface area contributed by atoms with Gasteiger partial charge in [0, 0.05) is 37.1 Å². The number of rotatable bonds is 5. The molecule has 1 saturated carbocycles. The van der Waals surface area contributed by atoms with Crippen molar-refractivity contribution < 1.29 is 33.3 Å². The fraction of sp³-hybridized carbons (Fsp3) is 0.355. The second-order valence-electron chi connectivity index (χ2n) is 11.4. The van der Waals surface area contributed by atoms with E-state index in [0.717, 1.165) is 39.4 Å². The van der Waals surface area contributed by atoms with Crippen LogP contribution in [0.1, 0.15) is 53.1 Å². The molecule has 0 spiro atoms. The van der Waals surface area contributed by atoms with Crippen LogP contribution in [0.15, 0.2) is 48.8 Å². The van der Waals surface area contributed by atoms with Crippen LogP contribution in [-0.2, 0) is 29.5 Å². The second kappa shape index (κ2) is 11.4. The number of anilines is 2. The molecule has 2 aliphatic rings. The number of nitrogens with one attached hydrogen (secondary N) is 1. The molecule has 3 heterocycles. The Labute approximate surface area is 255 Å². The van der Waals surface area contributed by atoms with Crippen LogP contribution < -0.4 is 5.32 Å². The van der Waals surface area contributed by atoms with Crippen molar-refractivity contribution in [3.63, 3.8) is 0 Å². The molecule has 6 rings (SSSR count). The maximum Gasteiger partial charge on any atom is 0.433 e. The fourth-order valence-corrected chi connectivity index (χ4v) is 6.96. The number of thiazole rings is 1. The van der Waals surface area contributed by atoms with Gasteiger partial charge in [0.2, 0.25) is 11.9 Å². The van der Waals surface area contributed by atoms with Gasteiger partial charge in [0.05, 0.1) is 4.88 Å². The summed E-state index contributed by atoms with van der Waals surface area (Å²) in [4.78, 5) is 27.9. The summed E-state index contributed by atoms with van der Waals surface area (Å²) in [6.45, 7) is 2.76. The summed E-state index contributed by atoms with van der Waals surface area (Å²) in [5.41, 5.74) is 1.68. The summed E-state index contributed by atoms with van der Waals surface area (Å²) in [7, 11) is 0. The number of aromatic nitrogens is 3. The van der Waals surface area contributed by atoms with Crippen LogP contribution in [0.4, 0.5) is 24.8 Å². The Morgan fingerprint density at radius 3 is 2.52 bits per heavy atom. The molecular formula is C31H30F3N5O4S. The lowest BCUT2D eigenvalue weighted by molar-refractivity contribution is -0.141. The standard InChI is InChI=1S/C31H30F3N5O4S/c1-17-10-20(12-22(11-17)37-29-35-8-4-26(38-29)31(32,33)34)25-15-36-28(44-25)30(43)6-2-18(3-7-30)27(42)39-9-5-19-13-23(40)24(41)14-21(19)16-39/h4,8,10-15,18,40-41,43H,2-3,5-7,9,16H2,1H3,(H,35,37,38)/t18-,30+. The first-order valence-electron chi connectivity index (χ1n) is 14.2. The van der Waals surface area contributed by atoms with Crippen molar-refractivity contribution in [2.45, 2.75) is 57.3 Å². The molecule has 2 aromatic heterocycles. The zero-order valence-electron chi connectivity index (χ0n) is 23.7. The third-order valence-electron chi connectivity index (χ3n) is 8.25. The smallest absolute Gasteiger partial charge is 0.433 e. The number of hydrogen-bond acceptors (Lipinski definition) is 9. The number of carbonyl (C=O) groups is 1. The summed E-state index contributed by atoms with van der Waals surface area (Å²) < 4.78 is 39.3. The molecular weight excluding hydrogens is 595 g/mol. The molecule has 1 aliphatic heterocycles. The Morgan fingerprint density at radius 2 is 1.80 bits per heavy atom. The van der Waals surface area contributed by atoms with E-state index in [-0.39, 0.29) is 29.3 Å². The molecule has 9 nitrogen and oxygen atoms in total. The van der Waals surface area contributed by atoms with E-state index in [0.29, 0.717) is 55.9 Å². The summed E-state index contributed by atoms with van der Waals surface area (Å²) in [6, 6.07) is 9.34. The maximum atomic E-state index is 13.4. The van der Waals surface area contributed by atoms with Gasteiger partial charge in [0.25, 0.3) is 0 Å². The average Bonchev–Trinajstić information content (AvgIpc) is 3.49. The molecule has 1 fully saturated rings. The third-order valence-corrected chi connectivity index (χ3v) is 9.49. The molecule has 0 radical (unpaired) electrons. The molecule has 0 saturated heterocycles. The number of halogens is 3. The molecule has 4 aromatic rings. The number of aromatic hydroxyl groups is 2. The fourth-order valence-electron chi connectivity index (χ4n) is 5.91. The molecule has 2 aromatic carbocycles. The van der Waals surface area contributed by atoms with E-state index in [9.17, 15) is 33.3 Å². The van der Waals surface area contributed by atoms with Crippen LogP contribution in [0, 0.1) is 12.8 Å². The highest BCUT2D eigenvalue weighted by molar-refractivity contribution is 7.15. The Kier molecular flexibility index (Phi) is 7.70. The third kappa shape index (κ3) is 6.06. The van der Waals surface area contributed by atoms with Crippen LogP contribution in [0.5, 0.6) is 11.5 Å². The quantitative estimate of drug-likeness (QED) is 0.197. The van der Waals surface area contributed by atoms with Gasteiger partial charge >= 0.3 is 6.18 Å². The van der Waals surface area contributed by atoms with E-state index in [2.05, 4.69) is 20.3 Å². The number of phenols is 2. The van der Waals surface area contributed by atoms with Gasteiger partial charge in [-0.3, -0.25) is 4.79 Å². The van der Waals surface area contributed by atoms with Gasteiger partial charge in [-0.25, -0.2) is 15.0 Å². The first-order valence-corrected chi connectivity index (χ1v) is 15.0. The number of aryl methyl sites for hydroxylation is 1. The van der Waals surface area contributed by atoms with Crippen LogP contribution in [0.25, 0.3) is 10.4 Å². The van der Waals surface area contributed by atoms with Crippen molar-refractivity contribution in [1.29, 1.82) is 0 Å². The lowest BCUT2D eigenvalue weighted by Gasteiger charge is -2.37. The van der Waals surface area contributed by atoms with E-state index >= 15 is 0 Å². The minimum absolute atomic E-state index is 0.0228. The molecule has 0 atom stereocenters. The highest BCUT2D eigenvalue weighted by atomic mass is 32.1. The van der Waals surface area contributed by atoms with Crippen LogP contribution in [-0.4, -0.2) is 47.6 Å². The maximum absolute atomic E-state index is 13.4. The topological polar surface area (TPSA) is 132 Å². The Hall–Kier alpha value is -4.23. The van der Waals surface area contributed by atoms with Crippen molar-refractivity contribution >= 4 is 28.9 Å². The van der Waals surface area contributed by atoms with Crippen molar-refractivity contribution in [2.75, 3.05) is 11.9 Å². The molecule has 1 aliphatic carbocycles. The second-order valence-corrected chi connectivity index (χ2v) is 12.5. The number of fused-ring (bicyclic) bond motifs is 1. The van der Waals surface area contributed by atoms with Crippen LogP contribution in [0.2, 0.25) is 0 Å². The number of hydrogen-bond donors (Lipinski definition) is 4. The normalized spacial score (nSPS) is 20.3. The van der Waals surface area contributed by atoms with Gasteiger partial charge < -0.3 is 25.5 Å². The molecule has 0 bridgehead atoms. The summed E-state index contributed by atoms with van der Waals surface area (Å²) in [5, 5.41) is 34.6. The van der Waals surface area contributed by atoms with Crippen LogP contribution >= 0.6 is 11.3 Å². The first-order chi connectivity index (χ1) is 20.9. The minimum Gasteiger partial charge on any atom is -0.504 e. The predicted octanol–water partition coefficient (Wildman–Crippen LogP) is 6.04. The van der Waals surface area contributed by atoms with Gasteiger partial charge in [0.15, 0.2) is 11.5 Å². The lowest BCUT2D eigenvalue weighted by atomic mass is 9.78. The molecule has 230 valence electrons. The number of nitrogens with zero attached hydrogens (tertiary/aromatic N) is 4. The molecule has 13 heteroatoms. The summed E-state index contributed by atoms with van der Waals surface area (Å²) >= 11 is 1.34. The van der Waals surface area contributed by atoms with Gasteiger partial charge in [-0.15, -0.1) is 11.3 Å². The Balaban J connectivity index is 1.12. The van der Waals surface area contributed by atoms with Crippen molar-refractivity contribution in [3.8, 4) is 21.9 Å². The zero-order valence-corrected chi connectivity index (χ0v) is 24.5. The SMILES string of the molecule is Cc1cc(Nc2nccc(C(F)(F)F)n2)cc(-c2cnc([C@]3(O)CC[C@@H](C(=O)N4CCc5cc(O)c(O)cc5C4)CC3)s2)c1.